The van der Waals surface area contributed by atoms with E-state index < -0.39 is 0 Å². The first-order valence-corrected chi connectivity index (χ1v) is 10.5. The molecule has 5 nitrogen and oxygen atoms in total. The number of amidine groups is 1. The summed E-state index contributed by atoms with van der Waals surface area (Å²) in [6, 6.07) is 14.5. The van der Waals surface area contributed by atoms with Gasteiger partial charge >= 0.3 is 0 Å². The maximum atomic E-state index is 12.7. The highest BCUT2D eigenvalue weighted by Crippen LogP contribution is 2.40. The van der Waals surface area contributed by atoms with Gasteiger partial charge in [-0.3, -0.25) is 4.79 Å². The zero-order chi connectivity index (χ0) is 19.7. The lowest BCUT2D eigenvalue weighted by molar-refractivity contribution is -0.113. The first-order valence-electron chi connectivity index (χ1n) is 9.56. The van der Waals surface area contributed by atoms with Crippen molar-refractivity contribution in [2.75, 3.05) is 11.1 Å². The zero-order valence-corrected chi connectivity index (χ0v) is 17.2. The SMILES string of the molecule is Cc1cccc(C(C)C)c1NC(=O)CSC1=Nc2ccccc2C2CC=NN12. The molecule has 0 aliphatic carbocycles. The number of thioether (sulfide) groups is 1. The van der Waals surface area contributed by atoms with Crippen molar-refractivity contribution >= 4 is 40.4 Å². The van der Waals surface area contributed by atoms with Crippen molar-refractivity contribution in [3.63, 3.8) is 0 Å². The quantitative estimate of drug-likeness (QED) is 0.776. The fraction of sp³-hybridized carbons (Fsp3) is 0.318. The molecule has 0 aromatic heterocycles. The largest absolute Gasteiger partial charge is 0.325 e. The molecule has 6 heteroatoms. The Labute approximate surface area is 169 Å². The summed E-state index contributed by atoms with van der Waals surface area (Å²) < 4.78 is 0. The second-order valence-electron chi connectivity index (χ2n) is 7.38. The van der Waals surface area contributed by atoms with E-state index in [2.05, 4.69) is 36.4 Å². The van der Waals surface area contributed by atoms with Crippen molar-refractivity contribution in [3.05, 3.63) is 59.2 Å². The van der Waals surface area contributed by atoms with Crippen LogP contribution in [-0.4, -0.2) is 28.1 Å². The third-order valence-electron chi connectivity index (χ3n) is 5.06. The molecule has 0 spiro atoms. The molecule has 1 amide bonds. The van der Waals surface area contributed by atoms with E-state index in [1.165, 1.54) is 17.3 Å². The molecule has 2 aromatic carbocycles. The van der Waals surface area contributed by atoms with E-state index >= 15 is 0 Å². The summed E-state index contributed by atoms with van der Waals surface area (Å²) in [5.41, 5.74) is 5.33. The lowest BCUT2D eigenvalue weighted by atomic mass is 9.98. The highest BCUT2D eigenvalue weighted by atomic mass is 32.2. The fourth-order valence-electron chi connectivity index (χ4n) is 3.63. The molecule has 2 aliphatic rings. The van der Waals surface area contributed by atoms with Crippen molar-refractivity contribution in [1.82, 2.24) is 5.01 Å². The summed E-state index contributed by atoms with van der Waals surface area (Å²) in [5, 5.41) is 10.3. The van der Waals surface area contributed by atoms with Crippen LogP contribution in [0.2, 0.25) is 0 Å². The molecular weight excluding hydrogens is 368 g/mol. The van der Waals surface area contributed by atoms with E-state index in [0.29, 0.717) is 11.7 Å². The lowest BCUT2D eigenvalue weighted by Gasteiger charge is -2.29. The normalized spacial score (nSPS) is 17.4. The van der Waals surface area contributed by atoms with Gasteiger partial charge in [0.15, 0.2) is 5.17 Å². The number of carbonyl (C=O) groups excluding carboxylic acids is 1. The fourth-order valence-corrected chi connectivity index (χ4v) is 4.43. The number of hydrogen-bond acceptors (Lipinski definition) is 5. The van der Waals surface area contributed by atoms with Gasteiger partial charge in [0.1, 0.15) is 0 Å². The Bertz CT molecular complexity index is 967. The van der Waals surface area contributed by atoms with Crippen LogP contribution in [0.1, 0.15) is 48.9 Å². The van der Waals surface area contributed by atoms with Gasteiger partial charge in [0.25, 0.3) is 0 Å². The summed E-state index contributed by atoms with van der Waals surface area (Å²) >= 11 is 1.43. The Morgan fingerprint density at radius 2 is 2.07 bits per heavy atom. The summed E-state index contributed by atoms with van der Waals surface area (Å²) in [5.74, 6) is 0.621. The number of rotatable bonds is 4. The second-order valence-corrected chi connectivity index (χ2v) is 8.32. The van der Waals surface area contributed by atoms with Crippen molar-refractivity contribution in [2.24, 2.45) is 10.1 Å². The predicted molar refractivity (Wildman–Crippen MR) is 118 cm³/mol. The van der Waals surface area contributed by atoms with Gasteiger partial charge in [-0.1, -0.05) is 62.0 Å². The van der Waals surface area contributed by atoms with Gasteiger partial charge in [0.2, 0.25) is 5.91 Å². The highest BCUT2D eigenvalue weighted by Gasteiger charge is 2.32. The van der Waals surface area contributed by atoms with Crippen LogP contribution in [0.15, 0.2) is 52.6 Å². The van der Waals surface area contributed by atoms with Gasteiger partial charge in [-0.15, -0.1) is 0 Å². The molecule has 1 atom stereocenters. The second kappa shape index (κ2) is 7.80. The minimum atomic E-state index is -0.0255. The van der Waals surface area contributed by atoms with Crippen molar-refractivity contribution in [2.45, 2.75) is 39.2 Å². The van der Waals surface area contributed by atoms with E-state index in [-0.39, 0.29) is 11.9 Å². The standard InChI is InChI=1S/C22H24N4OS/c1-14(2)16-9-6-7-15(3)21(16)25-20(27)13-28-22-24-18-10-5-4-8-17(18)19-11-12-23-26(19)22/h4-10,12,14,19H,11,13H2,1-3H3,(H,25,27). The van der Waals surface area contributed by atoms with Crippen LogP contribution in [0.5, 0.6) is 0 Å². The van der Waals surface area contributed by atoms with Gasteiger partial charge in [0, 0.05) is 23.9 Å². The smallest absolute Gasteiger partial charge is 0.234 e. The van der Waals surface area contributed by atoms with Gasteiger partial charge in [-0.05, 0) is 30.0 Å². The number of carbonyl (C=O) groups is 1. The number of fused-ring (bicyclic) bond motifs is 3. The van der Waals surface area contributed by atoms with Crippen LogP contribution in [0, 0.1) is 6.92 Å². The van der Waals surface area contributed by atoms with Crippen LogP contribution in [0.3, 0.4) is 0 Å². The molecule has 0 radical (unpaired) electrons. The number of nitrogens with one attached hydrogen (secondary N) is 1. The molecule has 0 saturated heterocycles. The van der Waals surface area contributed by atoms with Crippen LogP contribution in [-0.2, 0) is 4.79 Å². The molecular formula is C22H24N4OS. The summed E-state index contributed by atoms with van der Waals surface area (Å²) in [4.78, 5) is 17.4. The lowest BCUT2D eigenvalue weighted by Crippen LogP contribution is -2.29. The van der Waals surface area contributed by atoms with E-state index in [1.807, 2.05) is 48.5 Å². The van der Waals surface area contributed by atoms with Crippen molar-refractivity contribution in [3.8, 4) is 0 Å². The maximum absolute atomic E-state index is 12.7. The molecule has 28 heavy (non-hydrogen) atoms. The molecule has 1 N–H and O–H groups in total. The van der Waals surface area contributed by atoms with Crippen LogP contribution in [0.4, 0.5) is 11.4 Å². The molecule has 2 heterocycles. The Kier molecular flexibility index (Phi) is 5.22. The molecule has 0 fully saturated rings. The number of aryl methyl sites for hydroxylation is 1. The number of anilines is 1. The van der Waals surface area contributed by atoms with Gasteiger partial charge < -0.3 is 5.32 Å². The minimum Gasteiger partial charge on any atom is -0.325 e. The maximum Gasteiger partial charge on any atom is 0.234 e. The third-order valence-corrected chi connectivity index (χ3v) is 6.00. The van der Waals surface area contributed by atoms with Gasteiger partial charge in [-0.2, -0.15) is 5.10 Å². The Morgan fingerprint density at radius 3 is 2.89 bits per heavy atom. The minimum absolute atomic E-state index is 0.0255. The van der Waals surface area contributed by atoms with Crippen LogP contribution < -0.4 is 5.32 Å². The average molecular weight is 393 g/mol. The first kappa shape index (κ1) is 18.7. The van der Waals surface area contributed by atoms with Gasteiger partial charge in [-0.25, -0.2) is 10.0 Å². The molecule has 0 bridgehead atoms. The molecule has 144 valence electrons. The molecule has 0 saturated carbocycles. The van der Waals surface area contributed by atoms with Crippen molar-refractivity contribution < 1.29 is 4.79 Å². The number of hydrogen-bond donors (Lipinski definition) is 1. The summed E-state index contributed by atoms with van der Waals surface area (Å²) in [6.07, 6.45) is 2.79. The monoisotopic (exact) mass is 392 g/mol. The highest BCUT2D eigenvalue weighted by molar-refractivity contribution is 8.14. The molecule has 2 aliphatic heterocycles. The predicted octanol–water partition coefficient (Wildman–Crippen LogP) is 5.22. The summed E-state index contributed by atoms with van der Waals surface area (Å²) in [6.45, 7) is 6.30. The third kappa shape index (κ3) is 3.56. The van der Waals surface area contributed by atoms with Crippen LogP contribution in [0.25, 0.3) is 0 Å². The van der Waals surface area contributed by atoms with Crippen LogP contribution >= 0.6 is 11.8 Å². The number of aliphatic imine (C=N–C) groups is 1. The number of hydrazone groups is 1. The number of amides is 1. The molecule has 1 unspecified atom stereocenters. The van der Waals surface area contributed by atoms with E-state index in [9.17, 15) is 4.79 Å². The average Bonchev–Trinajstić information content (AvgIpc) is 3.18. The van der Waals surface area contributed by atoms with E-state index in [0.717, 1.165) is 34.1 Å². The molecule has 4 rings (SSSR count). The number of para-hydroxylation sites is 2. The molecule has 2 aromatic rings. The van der Waals surface area contributed by atoms with E-state index in [4.69, 9.17) is 4.99 Å². The Balaban J connectivity index is 1.49. The van der Waals surface area contributed by atoms with E-state index in [1.54, 1.807) is 0 Å². The number of benzene rings is 2. The Morgan fingerprint density at radius 1 is 1.25 bits per heavy atom. The first-order chi connectivity index (χ1) is 13.5. The van der Waals surface area contributed by atoms with Crippen molar-refractivity contribution in [1.29, 1.82) is 0 Å². The van der Waals surface area contributed by atoms with Gasteiger partial charge in [0.05, 0.1) is 17.5 Å². The summed E-state index contributed by atoms with van der Waals surface area (Å²) in [7, 11) is 0. The topological polar surface area (TPSA) is 57.1 Å². The Hall–Kier alpha value is -2.60. The number of nitrogens with zero attached hydrogens (tertiary/aromatic N) is 3. The zero-order valence-electron chi connectivity index (χ0n) is 16.3.